The van der Waals surface area contributed by atoms with E-state index in [1.54, 1.807) is 12.1 Å². The zero-order chi connectivity index (χ0) is 15.4. The molecule has 0 radical (unpaired) electrons. The lowest BCUT2D eigenvalue weighted by atomic mass is 10.1. The van der Waals surface area contributed by atoms with Crippen molar-refractivity contribution in [3.8, 4) is 0 Å². The van der Waals surface area contributed by atoms with E-state index in [-0.39, 0.29) is 23.2 Å². The minimum absolute atomic E-state index is 0.0346. The van der Waals surface area contributed by atoms with Gasteiger partial charge < -0.3 is 10.6 Å². The second-order valence-corrected chi connectivity index (χ2v) is 5.54. The molecule has 0 aliphatic heterocycles. The number of nitrogens with one attached hydrogen (secondary N) is 2. The van der Waals surface area contributed by atoms with E-state index in [9.17, 15) is 14.9 Å². The quantitative estimate of drug-likeness (QED) is 0.597. The molecular weight excluding hydrogens is 270 g/mol. The van der Waals surface area contributed by atoms with Crippen LogP contribution in [0, 0.1) is 16.0 Å². The maximum absolute atomic E-state index is 12.3. The van der Waals surface area contributed by atoms with Crippen LogP contribution < -0.4 is 10.6 Å². The Bertz CT molecular complexity index is 541. The van der Waals surface area contributed by atoms with E-state index >= 15 is 0 Å². The molecule has 21 heavy (non-hydrogen) atoms. The third-order valence-corrected chi connectivity index (χ3v) is 3.59. The predicted molar refractivity (Wildman–Crippen MR) is 81.5 cm³/mol. The molecule has 1 aliphatic rings. The fourth-order valence-electron chi connectivity index (χ4n) is 2.47. The maximum atomic E-state index is 12.3. The van der Waals surface area contributed by atoms with Gasteiger partial charge in [-0.25, -0.2) is 0 Å². The Morgan fingerprint density at radius 1 is 1.48 bits per heavy atom. The maximum Gasteiger partial charge on any atom is 0.305 e. The molecule has 0 bridgehead atoms. The van der Waals surface area contributed by atoms with Crippen LogP contribution in [0.15, 0.2) is 18.2 Å². The van der Waals surface area contributed by atoms with Crippen molar-refractivity contribution < 1.29 is 9.72 Å². The molecule has 6 nitrogen and oxygen atoms in total. The number of hydrogen-bond acceptors (Lipinski definition) is 4. The summed E-state index contributed by atoms with van der Waals surface area (Å²) in [4.78, 5) is 23.1. The van der Waals surface area contributed by atoms with Gasteiger partial charge in [-0.05, 0) is 38.3 Å². The van der Waals surface area contributed by atoms with Gasteiger partial charge in [0.2, 0.25) is 0 Å². The topological polar surface area (TPSA) is 84.3 Å². The molecule has 0 aromatic heterocycles. The van der Waals surface area contributed by atoms with E-state index in [1.165, 1.54) is 18.9 Å². The first-order valence-corrected chi connectivity index (χ1v) is 7.35. The number of nitro groups is 1. The van der Waals surface area contributed by atoms with Gasteiger partial charge in [0, 0.05) is 12.6 Å². The van der Waals surface area contributed by atoms with Gasteiger partial charge in [0.25, 0.3) is 5.91 Å². The minimum atomic E-state index is -0.502. The summed E-state index contributed by atoms with van der Waals surface area (Å²) in [5, 5.41) is 17.1. The van der Waals surface area contributed by atoms with Crippen LogP contribution in [0.25, 0.3) is 0 Å². The molecule has 6 heteroatoms. The zero-order valence-electron chi connectivity index (χ0n) is 12.4. The summed E-state index contributed by atoms with van der Waals surface area (Å²) in [5.74, 6) is 0.318. The van der Waals surface area contributed by atoms with Gasteiger partial charge in [-0.15, -0.1) is 0 Å². The first kappa shape index (κ1) is 15.3. The molecule has 114 valence electrons. The zero-order valence-corrected chi connectivity index (χ0v) is 12.4. The highest BCUT2D eigenvalue weighted by molar-refractivity contribution is 6.00. The lowest BCUT2D eigenvalue weighted by Crippen LogP contribution is -2.33. The van der Waals surface area contributed by atoms with Crippen molar-refractivity contribution >= 4 is 17.3 Å². The molecule has 1 unspecified atom stereocenters. The third kappa shape index (κ3) is 3.93. The first-order chi connectivity index (χ1) is 10.0. The molecule has 0 heterocycles. The number of amides is 1. The lowest BCUT2D eigenvalue weighted by molar-refractivity contribution is -0.384. The highest BCUT2D eigenvalue weighted by atomic mass is 16.6. The predicted octanol–water partition coefficient (Wildman–Crippen LogP) is 2.95. The first-order valence-electron chi connectivity index (χ1n) is 7.35. The Labute approximate surface area is 124 Å². The summed E-state index contributed by atoms with van der Waals surface area (Å²) in [6.45, 7) is 4.36. The molecule has 2 rings (SSSR count). The van der Waals surface area contributed by atoms with Gasteiger partial charge >= 0.3 is 5.69 Å². The molecule has 1 amide bonds. The van der Waals surface area contributed by atoms with E-state index in [2.05, 4.69) is 10.6 Å². The van der Waals surface area contributed by atoms with Gasteiger partial charge in [0.1, 0.15) is 11.3 Å². The minimum Gasteiger partial charge on any atom is -0.380 e. The van der Waals surface area contributed by atoms with Crippen LogP contribution in [-0.4, -0.2) is 23.4 Å². The number of anilines is 1. The van der Waals surface area contributed by atoms with Crippen LogP contribution >= 0.6 is 0 Å². The normalized spacial score (nSPS) is 15.3. The highest BCUT2D eigenvalue weighted by Crippen LogP contribution is 2.33. The van der Waals surface area contributed by atoms with E-state index in [0.717, 1.165) is 6.42 Å². The Kier molecular flexibility index (Phi) is 4.77. The highest BCUT2D eigenvalue weighted by Gasteiger charge is 2.27. The molecule has 0 spiro atoms. The number of para-hydroxylation sites is 1. The van der Waals surface area contributed by atoms with E-state index in [0.29, 0.717) is 18.2 Å². The molecule has 1 aromatic rings. The van der Waals surface area contributed by atoms with Crippen molar-refractivity contribution in [1.82, 2.24) is 5.32 Å². The van der Waals surface area contributed by atoms with Gasteiger partial charge in [0.05, 0.1) is 4.92 Å². The third-order valence-electron chi connectivity index (χ3n) is 3.59. The van der Waals surface area contributed by atoms with Crippen molar-refractivity contribution in [3.63, 3.8) is 0 Å². The largest absolute Gasteiger partial charge is 0.380 e. The summed E-state index contributed by atoms with van der Waals surface area (Å²) in [6, 6.07) is 4.81. The fourth-order valence-corrected chi connectivity index (χ4v) is 2.47. The van der Waals surface area contributed by atoms with Crippen LogP contribution in [0.3, 0.4) is 0 Å². The Morgan fingerprint density at radius 2 is 2.19 bits per heavy atom. The average molecular weight is 291 g/mol. The number of carbonyl (C=O) groups is 1. The van der Waals surface area contributed by atoms with Crippen LogP contribution in [-0.2, 0) is 0 Å². The van der Waals surface area contributed by atoms with Crippen LogP contribution in [0.4, 0.5) is 11.4 Å². The number of nitrogens with zero attached hydrogens (tertiary/aromatic N) is 1. The summed E-state index contributed by atoms with van der Waals surface area (Å²) in [7, 11) is 0. The van der Waals surface area contributed by atoms with Gasteiger partial charge in [-0.3, -0.25) is 14.9 Å². The monoisotopic (exact) mass is 291 g/mol. The standard InChI is InChI=1S/C15H21N3O3/c1-3-16-13-6-4-5-12(14(13)18(20)21)15(19)17-10(2)9-11-7-8-11/h4-6,10-11,16H,3,7-9H2,1-2H3,(H,17,19). The van der Waals surface area contributed by atoms with E-state index < -0.39 is 4.92 Å². The Balaban J connectivity index is 2.18. The number of hydrogen-bond donors (Lipinski definition) is 2. The van der Waals surface area contributed by atoms with Crippen molar-refractivity contribution in [1.29, 1.82) is 0 Å². The smallest absolute Gasteiger partial charge is 0.305 e. The second-order valence-electron chi connectivity index (χ2n) is 5.54. The fraction of sp³-hybridized carbons (Fsp3) is 0.533. The summed E-state index contributed by atoms with van der Waals surface area (Å²) >= 11 is 0. The second kappa shape index (κ2) is 6.56. The molecule has 1 saturated carbocycles. The van der Waals surface area contributed by atoms with Gasteiger partial charge in [0.15, 0.2) is 0 Å². The Morgan fingerprint density at radius 3 is 2.76 bits per heavy atom. The SMILES string of the molecule is CCNc1cccc(C(=O)NC(C)CC2CC2)c1[N+](=O)[O-]. The lowest BCUT2D eigenvalue weighted by Gasteiger charge is -2.14. The summed E-state index contributed by atoms with van der Waals surface area (Å²) in [5.41, 5.74) is 0.335. The van der Waals surface area contributed by atoms with Gasteiger partial charge in [-0.1, -0.05) is 18.9 Å². The average Bonchev–Trinajstić information content (AvgIpc) is 3.22. The van der Waals surface area contributed by atoms with E-state index in [4.69, 9.17) is 0 Å². The number of carbonyl (C=O) groups excluding carboxylic acids is 1. The van der Waals surface area contributed by atoms with Crippen molar-refractivity contribution in [2.75, 3.05) is 11.9 Å². The Hall–Kier alpha value is -2.11. The van der Waals surface area contributed by atoms with Crippen LogP contribution in [0.2, 0.25) is 0 Å². The van der Waals surface area contributed by atoms with Gasteiger partial charge in [-0.2, -0.15) is 0 Å². The molecule has 0 saturated heterocycles. The number of nitro benzene ring substituents is 1. The number of benzene rings is 1. The molecule has 2 N–H and O–H groups in total. The molecule has 1 aliphatic carbocycles. The number of rotatable bonds is 7. The van der Waals surface area contributed by atoms with E-state index in [1.807, 2.05) is 13.8 Å². The van der Waals surface area contributed by atoms with Crippen molar-refractivity contribution in [2.45, 2.75) is 39.2 Å². The molecule has 1 atom stereocenters. The summed E-state index contributed by atoms with van der Waals surface area (Å²) < 4.78 is 0. The molecule has 1 aromatic carbocycles. The van der Waals surface area contributed by atoms with Crippen LogP contribution in [0.5, 0.6) is 0 Å². The molecule has 1 fully saturated rings. The summed E-state index contributed by atoms with van der Waals surface area (Å²) in [6.07, 6.45) is 3.37. The van der Waals surface area contributed by atoms with Crippen molar-refractivity contribution in [3.05, 3.63) is 33.9 Å². The molecular formula is C15H21N3O3. The van der Waals surface area contributed by atoms with Crippen molar-refractivity contribution in [2.24, 2.45) is 5.92 Å². The van der Waals surface area contributed by atoms with Crippen LogP contribution in [0.1, 0.15) is 43.5 Å².